The van der Waals surface area contributed by atoms with Crippen LogP contribution in [0.4, 0.5) is 13.2 Å². The van der Waals surface area contributed by atoms with Gasteiger partial charge in [-0.15, -0.1) is 0 Å². The summed E-state index contributed by atoms with van der Waals surface area (Å²) >= 11 is 0. The fraction of sp³-hybridized carbons (Fsp3) is 0.600. The van der Waals surface area contributed by atoms with Crippen molar-refractivity contribution < 1.29 is 13.2 Å². The van der Waals surface area contributed by atoms with Crippen molar-refractivity contribution in [1.29, 1.82) is 0 Å². The van der Waals surface area contributed by atoms with Gasteiger partial charge in [-0.25, -0.2) is 0 Å². The van der Waals surface area contributed by atoms with Crippen LogP contribution in [0.15, 0.2) is 24.3 Å². The summed E-state index contributed by atoms with van der Waals surface area (Å²) < 4.78 is 38.5. The molecule has 2 rings (SSSR count). The van der Waals surface area contributed by atoms with Gasteiger partial charge in [0.15, 0.2) is 0 Å². The minimum Gasteiger partial charge on any atom is -0.312 e. The topological polar surface area (TPSA) is 15.3 Å². The highest BCUT2D eigenvalue weighted by molar-refractivity contribution is 5.29. The van der Waals surface area contributed by atoms with Crippen LogP contribution in [-0.2, 0) is 12.7 Å². The third kappa shape index (κ3) is 4.21. The number of nitrogens with zero attached hydrogens (tertiary/aromatic N) is 1. The quantitative estimate of drug-likeness (QED) is 0.915. The summed E-state index contributed by atoms with van der Waals surface area (Å²) in [5.41, 5.74) is -0.205. The average molecular weight is 286 g/mol. The van der Waals surface area contributed by atoms with E-state index in [2.05, 4.69) is 17.3 Å². The van der Waals surface area contributed by atoms with E-state index in [-0.39, 0.29) is 6.54 Å². The molecule has 1 fully saturated rings. The number of nitrogens with one attached hydrogen (secondary N) is 1. The van der Waals surface area contributed by atoms with E-state index in [0.29, 0.717) is 11.5 Å². The predicted octanol–water partition coefficient (Wildman–Crippen LogP) is 3.14. The van der Waals surface area contributed by atoms with Crippen molar-refractivity contribution >= 4 is 0 Å². The monoisotopic (exact) mass is 286 g/mol. The van der Waals surface area contributed by atoms with Gasteiger partial charge in [0.2, 0.25) is 0 Å². The first-order valence-corrected chi connectivity index (χ1v) is 7.01. The summed E-state index contributed by atoms with van der Waals surface area (Å²) in [4.78, 5) is 2.29. The first-order chi connectivity index (χ1) is 9.47. The zero-order chi connectivity index (χ0) is 14.6. The Hall–Kier alpha value is -1.07. The fourth-order valence-corrected chi connectivity index (χ4v) is 2.63. The highest BCUT2D eigenvalue weighted by Crippen LogP contribution is 2.31. The second-order valence-electron chi connectivity index (χ2n) is 5.53. The molecular formula is C15H21F3N2. The lowest BCUT2D eigenvalue weighted by molar-refractivity contribution is -0.138. The van der Waals surface area contributed by atoms with Crippen LogP contribution in [0.3, 0.4) is 0 Å². The van der Waals surface area contributed by atoms with Gasteiger partial charge in [-0.1, -0.05) is 18.2 Å². The standard InChI is InChI=1S/C15H21F3N2/c1-20-8-6-12(7-9-20)10-19-11-13-4-2-3-5-14(13)15(16,17)18/h2-5,12,19H,6-11H2,1H3. The minimum absolute atomic E-state index is 0.280. The zero-order valence-corrected chi connectivity index (χ0v) is 11.7. The lowest BCUT2D eigenvalue weighted by atomic mass is 9.97. The summed E-state index contributed by atoms with van der Waals surface area (Å²) in [6.45, 7) is 3.22. The lowest BCUT2D eigenvalue weighted by Crippen LogP contribution is -2.35. The van der Waals surface area contributed by atoms with Gasteiger partial charge in [-0.2, -0.15) is 13.2 Å². The van der Waals surface area contributed by atoms with Crippen LogP contribution in [-0.4, -0.2) is 31.6 Å². The van der Waals surface area contributed by atoms with Gasteiger partial charge in [0.1, 0.15) is 0 Å². The maximum absolute atomic E-state index is 12.8. The Balaban J connectivity index is 1.85. The van der Waals surface area contributed by atoms with Gasteiger partial charge in [0, 0.05) is 6.54 Å². The lowest BCUT2D eigenvalue weighted by Gasteiger charge is -2.29. The number of benzene rings is 1. The fourth-order valence-electron chi connectivity index (χ4n) is 2.63. The highest BCUT2D eigenvalue weighted by atomic mass is 19.4. The first-order valence-electron chi connectivity index (χ1n) is 7.01. The second-order valence-corrected chi connectivity index (χ2v) is 5.53. The molecule has 112 valence electrons. The van der Waals surface area contributed by atoms with Crippen molar-refractivity contribution in [2.45, 2.75) is 25.6 Å². The summed E-state index contributed by atoms with van der Waals surface area (Å²) in [5, 5.41) is 3.18. The Morgan fingerprint density at radius 2 is 1.85 bits per heavy atom. The first kappa shape index (κ1) is 15.3. The molecule has 1 aliphatic rings. The molecule has 5 heteroatoms. The predicted molar refractivity (Wildman–Crippen MR) is 73.4 cm³/mol. The van der Waals surface area contributed by atoms with Crippen LogP contribution in [0.25, 0.3) is 0 Å². The van der Waals surface area contributed by atoms with Crippen LogP contribution >= 0.6 is 0 Å². The molecule has 1 aliphatic heterocycles. The van der Waals surface area contributed by atoms with E-state index in [9.17, 15) is 13.2 Å². The van der Waals surface area contributed by atoms with Gasteiger partial charge < -0.3 is 10.2 Å². The molecule has 0 saturated carbocycles. The van der Waals surface area contributed by atoms with Gasteiger partial charge in [-0.3, -0.25) is 0 Å². The van der Waals surface area contributed by atoms with Crippen molar-refractivity contribution in [3.05, 3.63) is 35.4 Å². The molecule has 2 nitrogen and oxygen atoms in total. The number of hydrogen-bond donors (Lipinski definition) is 1. The van der Waals surface area contributed by atoms with Gasteiger partial charge in [-0.05, 0) is 57.1 Å². The Morgan fingerprint density at radius 1 is 1.20 bits per heavy atom. The van der Waals surface area contributed by atoms with Crippen molar-refractivity contribution in [2.75, 3.05) is 26.7 Å². The SMILES string of the molecule is CN1CCC(CNCc2ccccc2C(F)(F)F)CC1. The Labute approximate surface area is 118 Å². The van der Waals surface area contributed by atoms with Crippen molar-refractivity contribution in [3.63, 3.8) is 0 Å². The van der Waals surface area contributed by atoms with E-state index >= 15 is 0 Å². The van der Waals surface area contributed by atoms with Gasteiger partial charge in [0.05, 0.1) is 5.56 Å². The second kappa shape index (κ2) is 6.59. The molecule has 0 amide bonds. The molecule has 1 N–H and O–H groups in total. The average Bonchev–Trinajstić information content (AvgIpc) is 2.40. The smallest absolute Gasteiger partial charge is 0.312 e. The van der Waals surface area contributed by atoms with Crippen LogP contribution in [0.1, 0.15) is 24.0 Å². The minimum atomic E-state index is -4.27. The third-order valence-electron chi connectivity index (χ3n) is 3.91. The molecule has 0 radical (unpaired) electrons. The van der Waals surface area contributed by atoms with Crippen molar-refractivity contribution in [1.82, 2.24) is 10.2 Å². The maximum atomic E-state index is 12.8. The molecule has 20 heavy (non-hydrogen) atoms. The maximum Gasteiger partial charge on any atom is 0.416 e. The van der Waals surface area contributed by atoms with Crippen LogP contribution in [0.5, 0.6) is 0 Å². The van der Waals surface area contributed by atoms with Gasteiger partial charge >= 0.3 is 6.18 Å². The van der Waals surface area contributed by atoms with E-state index in [1.807, 2.05) is 0 Å². The van der Waals surface area contributed by atoms with Crippen LogP contribution in [0, 0.1) is 5.92 Å². The molecule has 1 aromatic rings. The Bertz CT molecular complexity index is 423. The van der Waals surface area contributed by atoms with E-state index < -0.39 is 11.7 Å². The molecule has 0 aliphatic carbocycles. The zero-order valence-electron chi connectivity index (χ0n) is 11.7. The molecule has 0 unspecified atom stereocenters. The number of piperidine rings is 1. The summed E-state index contributed by atoms with van der Waals surface area (Å²) in [5.74, 6) is 0.573. The number of hydrogen-bond acceptors (Lipinski definition) is 2. The van der Waals surface area contributed by atoms with E-state index in [0.717, 1.165) is 38.5 Å². The van der Waals surface area contributed by atoms with E-state index in [1.54, 1.807) is 12.1 Å². The molecule has 0 atom stereocenters. The number of alkyl halides is 3. The molecule has 0 bridgehead atoms. The largest absolute Gasteiger partial charge is 0.416 e. The molecule has 1 heterocycles. The molecule has 1 saturated heterocycles. The van der Waals surface area contributed by atoms with E-state index in [4.69, 9.17) is 0 Å². The molecule has 1 aromatic carbocycles. The number of halogens is 3. The van der Waals surface area contributed by atoms with Crippen LogP contribution in [0.2, 0.25) is 0 Å². The van der Waals surface area contributed by atoms with Crippen molar-refractivity contribution in [3.8, 4) is 0 Å². The number of rotatable bonds is 4. The normalized spacial score (nSPS) is 18.4. The summed E-state index contributed by atoms with van der Waals surface area (Å²) in [6, 6.07) is 5.78. The van der Waals surface area contributed by atoms with E-state index in [1.165, 1.54) is 6.07 Å². The van der Waals surface area contributed by atoms with Gasteiger partial charge in [0.25, 0.3) is 0 Å². The summed E-state index contributed by atoms with van der Waals surface area (Å²) in [7, 11) is 2.10. The summed E-state index contributed by atoms with van der Waals surface area (Å²) in [6.07, 6.45) is -2.04. The highest BCUT2D eigenvalue weighted by Gasteiger charge is 2.32. The molecular weight excluding hydrogens is 265 g/mol. The van der Waals surface area contributed by atoms with Crippen molar-refractivity contribution in [2.24, 2.45) is 5.92 Å². The number of likely N-dealkylation sites (tertiary alicyclic amines) is 1. The Morgan fingerprint density at radius 3 is 2.50 bits per heavy atom. The van der Waals surface area contributed by atoms with Crippen LogP contribution < -0.4 is 5.32 Å². The third-order valence-corrected chi connectivity index (χ3v) is 3.91. The molecule has 0 aromatic heterocycles. The molecule has 0 spiro atoms. The Kier molecular flexibility index (Phi) is 5.05.